The summed E-state index contributed by atoms with van der Waals surface area (Å²) in [4.78, 5) is 27.5. The molecule has 0 saturated heterocycles. The van der Waals surface area contributed by atoms with Gasteiger partial charge in [0.1, 0.15) is 10.6 Å². The van der Waals surface area contributed by atoms with Gasteiger partial charge in [-0.25, -0.2) is 9.78 Å². The lowest BCUT2D eigenvalue weighted by Gasteiger charge is -2.10. The van der Waals surface area contributed by atoms with Crippen LogP contribution in [0.1, 0.15) is 25.7 Å². The van der Waals surface area contributed by atoms with Crippen molar-refractivity contribution in [3.8, 4) is 5.75 Å². The van der Waals surface area contributed by atoms with Gasteiger partial charge in [-0.3, -0.25) is 4.79 Å². The zero-order valence-electron chi connectivity index (χ0n) is 11.3. The molecule has 110 valence electrons. The van der Waals surface area contributed by atoms with Crippen LogP contribution in [0, 0.1) is 6.92 Å². The van der Waals surface area contributed by atoms with Crippen LogP contribution < -0.4 is 15.8 Å². The van der Waals surface area contributed by atoms with Crippen LogP contribution in [0.4, 0.5) is 10.8 Å². The summed E-state index contributed by atoms with van der Waals surface area (Å²) in [6.07, 6.45) is 0. The van der Waals surface area contributed by atoms with Gasteiger partial charge in [-0.1, -0.05) is 11.3 Å². The van der Waals surface area contributed by atoms with Gasteiger partial charge >= 0.3 is 5.97 Å². The van der Waals surface area contributed by atoms with Crippen LogP contribution in [0.3, 0.4) is 0 Å². The molecule has 2 aromatic rings. The summed E-state index contributed by atoms with van der Waals surface area (Å²) in [6, 6.07) is 4.21. The SMILES string of the molecule is COc1ccc(C(=O)O)cc1NC(=O)c1sc(N)nc1C. The number of amides is 1. The maximum absolute atomic E-state index is 12.2. The lowest BCUT2D eigenvalue weighted by atomic mass is 10.2. The first-order valence-corrected chi connectivity index (χ1v) is 6.69. The molecule has 0 aliphatic carbocycles. The van der Waals surface area contributed by atoms with Gasteiger partial charge in [-0.2, -0.15) is 0 Å². The molecular formula is C13H13N3O4S. The topological polar surface area (TPSA) is 115 Å². The Morgan fingerprint density at radius 2 is 2.14 bits per heavy atom. The van der Waals surface area contributed by atoms with E-state index in [1.165, 1.54) is 25.3 Å². The Kier molecular flexibility index (Phi) is 4.08. The highest BCUT2D eigenvalue weighted by Gasteiger charge is 2.17. The molecule has 0 radical (unpaired) electrons. The molecule has 0 unspecified atom stereocenters. The zero-order valence-corrected chi connectivity index (χ0v) is 12.2. The number of carbonyl (C=O) groups is 2. The van der Waals surface area contributed by atoms with Gasteiger partial charge in [0.2, 0.25) is 0 Å². The fourth-order valence-electron chi connectivity index (χ4n) is 1.75. The monoisotopic (exact) mass is 307 g/mol. The van der Waals surface area contributed by atoms with E-state index in [-0.39, 0.29) is 11.3 Å². The Morgan fingerprint density at radius 3 is 2.67 bits per heavy atom. The number of carbonyl (C=O) groups excluding carboxylic acids is 1. The summed E-state index contributed by atoms with van der Waals surface area (Å²) in [5.74, 6) is -1.14. The number of hydrogen-bond acceptors (Lipinski definition) is 6. The second-order valence-corrected chi connectivity index (χ2v) is 5.17. The van der Waals surface area contributed by atoms with E-state index in [9.17, 15) is 9.59 Å². The van der Waals surface area contributed by atoms with E-state index in [1.807, 2.05) is 0 Å². The van der Waals surface area contributed by atoms with Crippen molar-refractivity contribution in [1.82, 2.24) is 4.98 Å². The van der Waals surface area contributed by atoms with Gasteiger partial charge < -0.3 is 20.9 Å². The summed E-state index contributed by atoms with van der Waals surface area (Å²) in [7, 11) is 1.43. The van der Waals surface area contributed by atoms with Gasteiger partial charge in [0.25, 0.3) is 5.91 Å². The van der Waals surface area contributed by atoms with Gasteiger partial charge in [-0.15, -0.1) is 0 Å². The fourth-order valence-corrected chi connectivity index (χ4v) is 2.47. The second kappa shape index (κ2) is 5.80. The van der Waals surface area contributed by atoms with Crippen molar-refractivity contribution in [1.29, 1.82) is 0 Å². The minimum Gasteiger partial charge on any atom is -0.495 e. The summed E-state index contributed by atoms with van der Waals surface area (Å²) in [5, 5.41) is 11.9. The van der Waals surface area contributed by atoms with Crippen molar-refractivity contribution in [3.63, 3.8) is 0 Å². The molecule has 0 fully saturated rings. The highest BCUT2D eigenvalue weighted by Crippen LogP contribution is 2.28. The van der Waals surface area contributed by atoms with E-state index in [4.69, 9.17) is 15.6 Å². The molecule has 1 aromatic heterocycles. The molecule has 1 aromatic carbocycles. The number of methoxy groups -OCH3 is 1. The molecule has 4 N–H and O–H groups in total. The highest BCUT2D eigenvalue weighted by atomic mass is 32.1. The molecule has 1 heterocycles. The average molecular weight is 307 g/mol. The van der Waals surface area contributed by atoms with Gasteiger partial charge in [-0.05, 0) is 25.1 Å². The van der Waals surface area contributed by atoms with Crippen LogP contribution in [0.2, 0.25) is 0 Å². The minimum atomic E-state index is -1.09. The Bertz CT molecular complexity index is 711. The number of carboxylic acids is 1. The smallest absolute Gasteiger partial charge is 0.335 e. The number of carboxylic acid groups (broad SMARTS) is 1. The molecule has 2 rings (SSSR count). The van der Waals surface area contributed by atoms with Crippen LogP contribution in [-0.4, -0.2) is 29.1 Å². The average Bonchev–Trinajstić information content (AvgIpc) is 2.77. The van der Waals surface area contributed by atoms with Crippen LogP contribution in [0.5, 0.6) is 5.75 Å². The van der Waals surface area contributed by atoms with Crippen molar-refractivity contribution in [2.75, 3.05) is 18.2 Å². The van der Waals surface area contributed by atoms with Gasteiger partial charge in [0.15, 0.2) is 5.13 Å². The Morgan fingerprint density at radius 1 is 1.43 bits per heavy atom. The number of aromatic carboxylic acids is 1. The molecule has 1 amide bonds. The second-order valence-electron chi connectivity index (χ2n) is 4.14. The van der Waals surface area contributed by atoms with Crippen molar-refractivity contribution in [3.05, 3.63) is 34.3 Å². The lowest BCUT2D eigenvalue weighted by Crippen LogP contribution is -2.13. The van der Waals surface area contributed by atoms with Crippen LogP contribution in [0.25, 0.3) is 0 Å². The van der Waals surface area contributed by atoms with E-state index in [0.29, 0.717) is 21.5 Å². The number of ether oxygens (including phenoxy) is 1. The zero-order chi connectivity index (χ0) is 15.6. The molecule has 21 heavy (non-hydrogen) atoms. The van der Waals surface area contributed by atoms with E-state index in [2.05, 4.69) is 10.3 Å². The van der Waals surface area contributed by atoms with E-state index in [0.717, 1.165) is 11.3 Å². The molecule has 0 bridgehead atoms. The molecule has 0 saturated carbocycles. The fraction of sp³-hybridized carbons (Fsp3) is 0.154. The van der Waals surface area contributed by atoms with E-state index < -0.39 is 11.9 Å². The lowest BCUT2D eigenvalue weighted by molar-refractivity contribution is 0.0696. The van der Waals surface area contributed by atoms with Crippen LogP contribution in [-0.2, 0) is 0 Å². The van der Waals surface area contributed by atoms with Crippen molar-refractivity contribution < 1.29 is 19.4 Å². The van der Waals surface area contributed by atoms with Crippen molar-refractivity contribution in [2.45, 2.75) is 6.92 Å². The first-order valence-electron chi connectivity index (χ1n) is 5.88. The first-order chi connectivity index (χ1) is 9.92. The maximum Gasteiger partial charge on any atom is 0.335 e. The summed E-state index contributed by atoms with van der Waals surface area (Å²) in [6.45, 7) is 1.67. The third kappa shape index (κ3) is 3.11. The molecular weight excluding hydrogens is 294 g/mol. The first kappa shape index (κ1) is 14.8. The normalized spacial score (nSPS) is 10.2. The number of nitrogen functional groups attached to an aromatic ring is 1. The number of nitrogens with one attached hydrogen (secondary N) is 1. The number of nitrogens with two attached hydrogens (primary N) is 1. The Labute approximate surface area is 124 Å². The highest BCUT2D eigenvalue weighted by molar-refractivity contribution is 7.17. The third-order valence-electron chi connectivity index (χ3n) is 2.71. The summed E-state index contributed by atoms with van der Waals surface area (Å²) < 4.78 is 5.11. The standard InChI is InChI=1S/C13H13N3O4S/c1-6-10(21-13(14)15-6)11(17)16-8-5-7(12(18)19)3-4-9(8)20-2/h3-5H,1-2H3,(H2,14,15)(H,16,17)(H,18,19). The predicted molar refractivity (Wildman–Crippen MR) is 79.2 cm³/mol. The van der Waals surface area contributed by atoms with Crippen molar-refractivity contribution >= 4 is 34.0 Å². The number of aromatic nitrogens is 1. The van der Waals surface area contributed by atoms with E-state index >= 15 is 0 Å². The summed E-state index contributed by atoms with van der Waals surface area (Å²) >= 11 is 1.06. The maximum atomic E-state index is 12.2. The minimum absolute atomic E-state index is 0.0478. The number of rotatable bonds is 4. The number of hydrogen-bond donors (Lipinski definition) is 3. The Balaban J connectivity index is 2.33. The van der Waals surface area contributed by atoms with Crippen LogP contribution in [0.15, 0.2) is 18.2 Å². The van der Waals surface area contributed by atoms with Crippen LogP contribution >= 0.6 is 11.3 Å². The molecule has 0 atom stereocenters. The summed E-state index contributed by atoms with van der Waals surface area (Å²) in [5.41, 5.74) is 6.39. The van der Waals surface area contributed by atoms with Gasteiger partial charge in [0, 0.05) is 0 Å². The molecule has 0 aliphatic rings. The largest absolute Gasteiger partial charge is 0.495 e. The number of thiazole rings is 1. The predicted octanol–water partition coefficient (Wildman–Crippen LogP) is 1.99. The molecule has 7 nitrogen and oxygen atoms in total. The number of aryl methyl sites for hydroxylation is 1. The Hall–Kier alpha value is -2.61. The quantitative estimate of drug-likeness (QED) is 0.795. The molecule has 0 aliphatic heterocycles. The molecule has 8 heteroatoms. The van der Waals surface area contributed by atoms with E-state index in [1.54, 1.807) is 6.92 Å². The number of benzene rings is 1. The number of nitrogens with zero attached hydrogens (tertiary/aromatic N) is 1. The third-order valence-corrected chi connectivity index (χ3v) is 3.70. The number of anilines is 2. The van der Waals surface area contributed by atoms with Gasteiger partial charge in [0.05, 0.1) is 24.1 Å². The van der Waals surface area contributed by atoms with Crippen molar-refractivity contribution in [2.24, 2.45) is 0 Å². The molecule has 0 spiro atoms.